The molecular weight excluding hydrogens is 360 g/mol. The lowest BCUT2D eigenvalue weighted by Crippen LogP contribution is -2.76. The SMILES string of the molecule is CCSC1(C)C=CC([C@]2(O)O[C@H](CO)[C@@H](O)[C@H](O)[C@]2(O)C(=O)CC)=CC1. The summed E-state index contributed by atoms with van der Waals surface area (Å²) in [5, 5.41) is 52.1. The third kappa shape index (κ3) is 3.28. The fourth-order valence-electron chi connectivity index (χ4n) is 3.49. The van der Waals surface area contributed by atoms with Crippen LogP contribution in [-0.2, 0) is 9.53 Å². The number of carbonyl (C=O) groups is 1. The predicted octanol–water partition coefficient (Wildman–Crippen LogP) is -0.104. The van der Waals surface area contributed by atoms with E-state index < -0.39 is 42.1 Å². The summed E-state index contributed by atoms with van der Waals surface area (Å²) >= 11 is 1.71. The Balaban J connectivity index is 2.49. The van der Waals surface area contributed by atoms with Gasteiger partial charge >= 0.3 is 0 Å². The van der Waals surface area contributed by atoms with Crippen molar-refractivity contribution in [2.45, 2.75) is 68.1 Å². The third-order valence-corrected chi connectivity index (χ3v) is 6.36. The standard InChI is InChI=1S/C18H28O7S/c1-4-13(20)17(23)15(22)14(21)12(10-19)25-18(17,24)11-6-8-16(3,9-7-11)26-5-2/h6-8,12,14-15,19,21-24H,4-5,9-10H2,1-3H3/t12-,14-,15+,16?,17-,18+/m1/s1. The van der Waals surface area contributed by atoms with E-state index in [9.17, 15) is 30.3 Å². The second-order valence-electron chi connectivity index (χ2n) is 6.90. The number of rotatable bonds is 6. The molecule has 2 aliphatic rings. The number of carbonyl (C=O) groups excluding carboxylic acids is 1. The van der Waals surface area contributed by atoms with Gasteiger partial charge in [0.05, 0.1) is 6.61 Å². The first-order chi connectivity index (χ1) is 12.1. The zero-order valence-corrected chi connectivity index (χ0v) is 16.1. The van der Waals surface area contributed by atoms with E-state index in [1.807, 2.05) is 19.9 Å². The zero-order chi connectivity index (χ0) is 19.8. The fraction of sp³-hybridized carbons (Fsp3) is 0.722. The molecule has 0 radical (unpaired) electrons. The van der Waals surface area contributed by atoms with Gasteiger partial charge in [-0.05, 0) is 19.1 Å². The summed E-state index contributed by atoms with van der Waals surface area (Å²) in [4.78, 5) is 12.4. The van der Waals surface area contributed by atoms with E-state index in [-0.39, 0.29) is 16.7 Å². The molecule has 8 heteroatoms. The van der Waals surface area contributed by atoms with Gasteiger partial charge in [-0.15, -0.1) is 0 Å². The Bertz CT molecular complexity index is 606. The van der Waals surface area contributed by atoms with Crippen molar-refractivity contribution in [3.8, 4) is 0 Å². The summed E-state index contributed by atoms with van der Waals surface area (Å²) in [6.45, 7) is 4.83. The maximum absolute atomic E-state index is 12.4. The van der Waals surface area contributed by atoms with Gasteiger partial charge in [0.2, 0.25) is 11.4 Å². The van der Waals surface area contributed by atoms with Crippen LogP contribution in [0.4, 0.5) is 0 Å². The monoisotopic (exact) mass is 388 g/mol. The summed E-state index contributed by atoms with van der Waals surface area (Å²) in [6, 6.07) is 0. The minimum Gasteiger partial charge on any atom is -0.394 e. The van der Waals surface area contributed by atoms with Gasteiger partial charge in [-0.25, -0.2) is 0 Å². The maximum atomic E-state index is 12.4. The highest BCUT2D eigenvalue weighted by molar-refractivity contribution is 8.00. The summed E-state index contributed by atoms with van der Waals surface area (Å²) in [5.74, 6) is -2.56. The average Bonchev–Trinajstić information content (AvgIpc) is 2.62. The molecular formula is C18H28O7S. The number of thioether (sulfide) groups is 1. The Morgan fingerprint density at radius 2 is 2.00 bits per heavy atom. The number of aliphatic hydroxyl groups is 5. The van der Waals surface area contributed by atoms with Gasteiger partial charge in [0.25, 0.3) is 0 Å². The van der Waals surface area contributed by atoms with Crippen molar-refractivity contribution in [1.82, 2.24) is 0 Å². The van der Waals surface area contributed by atoms with Crippen LogP contribution >= 0.6 is 11.8 Å². The van der Waals surface area contributed by atoms with E-state index in [4.69, 9.17) is 4.74 Å². The number of hydrogen-bond donors (Lipinski definition) is 5. The van der Waals surface area contributed by atoms with Gasteiger partial charge in [0, 0.05) is 16.7 Å². The Morgan fingerprint density at radius 3 is 2.46 bits per heavy atom. The molecule has 0 saturated carbocycles. The molecule has 0 spiro atoms. The topological polar surface area (TPSA) is 127 Å². The van der Waals surface area contributed by atoms with Crippen LogP contribution in [0.5, 0.6) is 0 Å². The number of ketones is 1. The number of aliphatic hydroxyl groups excluding tert-OH is 3. The molecule has 2 rings (SSSR count). The van der Waals surface area contributed by atoms with Crippen molar-refractivity contribution < 1.29 is 35.1 Å². The molecule has 1 aliphatic carbocycles. The highest BCUT2D eigenvalue weighted by atomic mass is 32.2. The number of ether oxygens (including phenoxy) is 1. The van der Waals surface area contributed by atoms with Crippen LogP contribution in [0.3, 0.4) is 0 Å². The van der Waals surface area contributed by atoms with Crippen molar-refractivity contribution in [3.63, 3.8) is 0 Å². The van der Waals surface area contributed by atoms with Crippen LogP contribution < -0.4 is 0 Å². The summed E-state index contributed by atoms with van der Waals surface area (Å²) in [6.07, 6.45) is 0.285. The molecule has 1 aliphatic heterocycles. The van der Waals surface area contributed by atoms with Crippen molar-refractivity contribution in [1.29, 1.82) is 0 Å². The van der Waals surface area contributed by atoms with Crippen LogP contribution in [0.15, 0.2) is 23.8 Å². The summed E-state index contributed by atoms with van der Waals surface area (Å²) in [5.41, 5.74) is -2.64. The minimum atomic E-state index is -2.76. The first-order valence-corrected chi connectivity index (χ1v) is 9.74. The van der Waals surface area contributed by atoms with Crippen molar-refractivity contribution in [2.75, 3.05) is 12.4 Å². The molecule has 0 aromatic rings. The molecule has 148 valence electrons. The van der Waals surface area contributed by atoms with Gasteiger partial charge in [-0.1, -0.05) is 32.1 Å². The number of allylic oxidation sites excluding steroid dienone is 1. The van der Waals surface area contributed by atoms with Gasteiger partial charge in [-0.2, -0.15) is 11.8 Å². The highest BCUT2D eigenvalue weighted by Gasteiger charge is 2.67. The maximum Gasteiger partial charge on any atom is 0.232 e. The zero-order valence-electron chi connectivity index (χ0n) is 15.3. The van der Waals surface area contributed by atoms with Crippen LogP contribution in [0.2, 0.25) is 0 Å². The third-order valence-electron chi connectivity index (χ3n) is 5.11. The molecule has 6 atom stereocenters. The first kappa shape index (κ1) is 21.6. The van der Waals surface area contributed by atoms with E-state index >= 15 is 0 Å². The first-order valence-electron chi connectivity index (χ1n) is 8.76. The van der Waals surface area contributed by atoms with Crippen LogP contribution in [0.1, 0.15) is 33.6 Å². The fourth-order valence-corrected chi connectivity index (χ4v) is 4.51. The largest absolute Gasteiger partial charge is 0.394 e. The Labute approximate surface area is 157 Å². The average molecular weight is 388 g/mol. The lowest BCUT2D eigenvalue weighted by molar-refractivity contribution is -0.358. The van der Waals surface area contributed by atoms with E-state index in [1.54, 1.807) is 23.9 Å². The molecule has 0 bridgehead atoms. The highest BCUT2D eigenvalue weighted by Crippen LogP contribution is 2.45. The molecule has 7 nitrogen and oxygen atoms in total. The van der Waals surface area contributed by atoms with Crippen LogP contribution in [-0.4, -0.2) is 78.1 Å². The lowest BCUT2D eigenvalue weighted by atomic mass is 9.72. The van der Waals surface area contributed by atoms with Gasteiger partial charge in [-0.3, -0.25) is 4.79 Å². The molecule has 5 N–H and O–H groups in total. The van der Waals surface area contributed by atoms with Crippen molar-refractivity contribution in [2.24, 2.45) is 0 Å². The molecule has 0 aromatic carbocycles. The molecule has 1 saturated heterocycles. The van der Waals surface area contributed by atoms with Gasteiger partial charge in [0.15, 0.2) is 5.78 Å². The van der Waals surface area contributed by atoms with E-state index in [1.165, 1.54) is 6.92 Å². The minimum absolute atomic E-state index is 0.111. The second kappa shape index (κ2) is 7.71. The Kier molecular flexibility index (Phi) is 6.39. The van der Waals surface area contributed by atoms with Crippen molar-refractivity contribution >= 4 is 17.5 Å². The molecule has 1 fully saturated rings. The molecule has 26 heavy (non-hydrogen) atoms. The molecule has 0 aromatic heterocycles. The predicted molar refractivity (Wildman–Crippen MR) is 97.5 cm³/mol. The molecule has 1 heterocycles. The Hall–Kier alpha value is -0.740. The van der Waals surface area contributed by atoms with E-state index in [0.717, 1.165) is 5.75 Å². The molecule has 0 amide bonds. The number of Topliss-reactive ketones (excluding diaryl/α,β-unsaturated/α-hetero) is 1. The van der Waals surface area contributed by atoms with E-state index in [0.29, 0.717) is 6.42 Å². The Morgan fingerprint density at radius 1 is 1.35 bits per heavy atom. The second-order valence-corrected chi connectivity index (χ2v) is 8.70. The normalized spacial score (nSPS) is 43.2. The lowest BCUT2D eigenvalue weighted by Gasteiger charge is -2.52. The van der Waals surface area contributed by atoms with E-state index in [2.05, 4.69) is 0 Å². The molecule has 1 unspecified atom stereocenters. The van der Waals surface area contributed by atoms with Crippen LogP contribution in [0.25, 0.3) is 0 Å². The number of hydrogen-bond acceptors (Lipinski definition) is 8. The van der Waals surface area contributed by atoms with Gasteiger partial charge in [0.1, 0.15) is 18.3 Å². The summed E-state index contributed by atoms with van der Waals surface area (Å²) in [7, 11) is 0. The van der Waals surface area contributed by atoms with Crippen molar-refractivity contribution in [3.05, 3.63) is 23.8 Å². The summed E-state index contributed by atoms with van der Waals surface area (Å²) < 4.78 is 5.21. The van der Waals surface area contributed by atoms with Gasteiger partial charge < -0.3 is 30.3 Å². The smallest absolute Gasteiger partial charge is 0.232 e. The quantitative estimate of drug-likeness (QED) is 0.427. The van der Waals surface area contributed by atoms with Crippen LogP contribution in [0, 0.1) is 0 Å².